The number of anilines is 1. The molecule has 0 amide bonds. The molecule has 0 aromatic heterocycles. The molecule has 0 heterocycles. The fraction of sp³-hybridized carbons (Fsp3) is 0.462. The van der Waals surface area contributed by atoms with Crippen molar-refractivity contribution in [2.75, 3.05) is 24.4 Å². The highest BCUT2D eigenvalue weighted by molar-refractivity contribution is 7.98. The quantitative estimate of drug-likeness (QED) is 0.842. The first-order valence-electron chi connectivity index (χ1n) is 5.55. The van der Waals surface area contributed by atoms with Crippen LogP contribution in [0.2, 0.25) is 0 Å². The third-order valence-electron chi connectivity index (χ3n) is 2.50. The third-order valence-corrected chi connectivity index (χ3v) is 3.15. The Morgan fingerprint density at radius 2 is 2.29 bits per heavy atom. The average Bonchev–Trinajstić information content (AvgIpc) is 2.36. The lowest BCUT2D eigenvalue weighted by atomic mass is 10.1. The molecular formula is C13H18N2OS. The Hall–Kier alpha value is -1.34. The molecule has 92 valence electrons. The Morgan fingerprint density at radius 1 is 1.53 bits per heavy atom. The summed E-state index contributed by atoms with van der Waals surface area (Å²) < 4.78 is 5.16. The monoisotopic (exact) mass is 250 g/mol. The predicted octanol–water partition coefficient (Wildman–Crippen LogP) is 3.12. The molecule has 0 saturated heterocycles. The topological polar surface area (TPSA) is 45.0 Å². The van der Waals surface area contributed by atoms with Crippen LogP contribution in [0.1, 0.15) is 18.9 Å². The second kappa shape index (κ2) is 7.08. The number of thioether (sulfide) groups is 1. The number of rotatable bonds is 6. The van der Waals surface area contributed by atoms with Crippen LogP contribution in [0.3, 0.4) is 0 Å². The number of nitrogens with one attached hydrogen (secondary N) is 1. The zero-order valence-electron chi connectivity index (χ0n) is 10.5. The Balaban J connectivity index is 2.77. The van der Waals surface area contributed by atoms with E-state index in [1.165, 1.54) is 0 Å². The number of ether oxygens (including phenoxy) is 1. The fourth-order valence-electron chi connectivity index (χ4n) is 1.50. The summed E-state index contributed by atoms with van der Waals surface area (Å²) in [6.45, 7) is 2.12. The molecule has 0 bridgehead atoms. The average molecular weight is 250 g/mol. The van der Waals surface area contributed by atoms with Crippen LogP contribution in [-0.2, 0) is 0 Å². The molecule has 0 radical (unpaired) electrons. The Labute approximate surface area is 107 Å². The van der Waals surface area contributed by atoms with Gasteiger partial charge in [-0.2, -0.15) is 17.0 Å². The molecule has 17 heavy (non-hydrogen) atoms. The minimum atomic E-state index is 0.349. The molecular weight excluding hydrogens is 232 g/mol. The molecule has 0 aliphatic heterocycles. The van der Waals surface area contributed by atoms with Gasteiger partial charge in [0, 0.05) is 12.1 Å². The molecule has 1 aromatic rings. The first-order valence-corrected chi connectivity index (χ1v) is 6.94. The molecule has 0 aliphatic rings. The van der Waals surface area contributed by atoms with Gasteiger partial charge in [0.1, 0.15) is 11.8 Å². The lowest BCUT2D eigenvalue weighted by Crippen LogP contribution is -2.16. The maximum absolute atomic E-state index is 9.04. The summed E-state index contributed by atoms with van der Waals surface area (Å²) in [5, 5.41) is 12.4. The maximum Gasteiger partial charge on any atom is 0.121 e. The molecule has 4 heteroatoms. The van der Waals surface area contributed by atoms with E-state index in [2.05, 4.69) is 24.6 Å². The van der Waals surface area contributed by atoms with E-state index in [0.29, 0.717) is 11.6 Å². The zero-order valence-corrected chi connectivity index (χ0v) is 11.3. The number of nitriles is 1. The molecule has 1 atom stereocenters. The first kappa shape index (κ1) is 13.7. The SMILES string of the molecule is COc1ccc(C#N)c(NC(C)CCSC)c1. The Kier molecular flexibility index (Phi) is 5.71. The Morgan fingerprint density at radius 3 is 2.88 bits per heavy atom. The van der Waals surface area contributed by atoms with E-state index in [1.807, 2.05) is 17.8 Å². The Bertz CT molecular complexity index is 401. The fourth-order valence-corrected chi connectivity index (χ4v) is 2.09. The summed E-state index contributed by atoms with van der Waals surface area (Å²) in [6, 6.07) is 7.99. The van der Waals surface area contributed by atoms with Gasteiger partial charge in [0.25, 0.3) is 0 Å². The normalized spacial score (nSPS) is 11.6. The van der Waals surface area contributed by atoms with Gasteiger partial charge in [-0.3, -0.25) is 0 Å². The highest BCUT2D eigenvalue weighted by Gasteiger charge is 2.07. The number of hydrogen-bond acceptors (Lipinski definition) is 4. The maximum atomic E-state index is 9.04. The summed E-state index contributed by atoms with van der Waals surface area (Å²) in [7, 11) is 1.63. The molecule has 0 spiro atoms. The second-order valence-corrected chi connectivity index (χ2v) is 4.84. The van der Waals surface area contributed by atoms with Crippen molar-refractivity contribution in [1.29, 1.82) is 5.26 Å². The largest absolute Gasteiger partial charge is 0.497 e. The minimum Gasteiger partial charge on any atom is -0.497 e. The summed E-state index contributed by atoms with van der Waals surface area (Å²) in [5.74, 6) is 1.88. The van der Waals surface area contributed by atoms with Gasteiger partial charge in [-0.1, -0.05) is 0 Å². The van der Waals surface area contributed by atoms with E-state index < -0.39 is 0 Å². The molecule has 1 rings (SSSR count). The van der Waals surface area contributed by atoms with Crippen LogP contribution in [0, 0.1) is 11.3 Å². The van der Waals surface area contributed by atoms with Crippen LogP contribution in [-0.4, -0.2) is 25.2 Å². The zero-order chi connectivity index (χ0) is 12.7. The van der Waals surface area contributed by atoms with Crippen molar-refractivity contribution in [3.63, 3.8) is 0 Å². The van der Waals surface area contributed by atoms with Crippen molar-refractivity contribution in [3.8, 4) is 11.8 Å². The van der Waals surface area contributed by atoms with E-state index in [1.54, 1.807) is 19.2 Å². The molecule has 1 N–H and O–H groups in total. The molecule has 0 saturated carbocycles. The summed E-state index contributed by atoms with van der Waals surface area (Å²) in [6.07, 6.45) is 3.17. The van der Waals surface area contributed by atoms with Gasteiger partial charge in [-0.15, -0.1) is 0 Å². The van der Waals surface area contributed by atoms with E-state index >= 15 is 0 Å². The molecule has 3 nitrogen and oxygen atoms in total. The standard InChI is InChI=1S/C13H18N2OS/c1-10(6-7-17-3)15-13-8-12(16-2)5-4-11(13)9-14/h4-5,8,10,15H,6-7H2,1-3H3. The van der Waals surface area contributed by atoms with E-state index in [9.17, 15) is 0 Å². The minimum absolute atomic E-state index is 0.349. The number of benzene rings is 1. The number of nitrogens with zero attached hydrogens (tertiary/aromatic N) is 1. The van der Waals surface area contributed by atoms with Crippen LogP contribution in [0.15, 0.2) is 18.2 Å². The van der Waals surface area contributed by atoms with Crippen LogP contribution < -0.4 is 10.1 Å². The van der Waals surface area contributed by atoms with Gasteiger partial charge in [0.2, 0.25) is 0 Å². The van der Waals surface area contributed by atoms with Crippen molar-refractivity contribution >= 4 is 17.4 Å². The highest BCUT2D eigenvalue weighted by atomic mass is 32.2. The van der Waals surface area contributed by atoms with Gasteiger partial charge in [0.15, 0.2) is 0 Å². The molecule has 0 fully saturated rings. The lowest BCUT2D eigenvalue weighted by molar-refractivity contribution is 0.415. The van der Waals surface area contributed by atoms with Crippen molar-refractivity contribution in [3.05, 3.63) is 23.8 Å². The molecule has 1 aromatic carbocycles. The summed E-state index contributed by atoms with van der Waals surface area (Å²) >= 11 is 1.83. The van der Waals surface area contributed by atoms with E-state index in [4.69, 9.17) is 10.00 Å². The smallest absolute Gasteiger partial charge is 0.121 e. The van der Waals surface area contributed by atoms with Crippen molar-refractivity contribution in [2.45, 2.75) is 19.4 Å². The molecule has 1 unspecified atom stereocenters. The van der Waals surface area contributed by atoms with Gasteiger partial charge in [-0.05, 0) is 37.5 Å². The van der Waals surface area contributed by atoms with Gasteiger partial charge < -0.3 is 10.1 Å². The summed E-state index contributed by atoms with van der Waals surface area (Å²) in [4.78, 5) is 0. The van der Waals surface area contributed by atoms with Gasteiger partial charge in [-0.25, -0.2) is 0 Å². The van der Waals surface area contributed by atoms with Crippen molar-refractivity contribution < 1.29 is 4.74 Å². The van der Waals surface area contributed by atoms with Gasteiger partial charge >= 0.3 is 0 Å². The third kappa shape index (κ3) is 4.20. The van der Waals surface area contributed by atoms with Gasteiger partial charge in [0.05, 0.1) is 18.4 Å². The first-order chi connectivity index (χ1) is 8.21. The highest BCUT2D eigenvalue weighted by Crippen LogP contribution is 2.23. The van der Waals surface area contributed by atoms with Crippen molar-refractivity contribution in [2.24, 2.45) is 0 Å². The predicted molar refractivity (Wildman–Crippen MR) is 73.8 cm³/mol. The summed E-state index contributed by atoms with van der Waals surface area (Å²) in [5.41, 5.74) is 1.50. The molecule has 0 aliphatic carbocycles. The van der Waals surface area contributed by atoms with E-state index in [-0.39, 0.29) is 0 Å². The van der Waals surface area contributed by atoms with E-state index in [0.717, 1.165) is 23.6 Å². The van der Waals surface area contributed by atoms with Crippen LogP contribution in [0.5, 0.6) is 5.75 Å². The van der Waals surface area contributed by atoms with Crippen LogP contribution in [0.25, 0.3) is 0 Å². The second-order valence-electron chi connectivity index (χ2n) is 3.85. The number of methoxy groups -OCH3 is 1. The lowest BCUT2D eigenvalue weighted by Gasteiger charge is -2.16. The number of hydrogen-bond donors (Lipinski definition) is 1. The van der Waals surface area contributed by atoms with Crippen LogP contribution in [0.4, 0.5) is 5.69 Å². The van der Waals surface area contributed by atoms with Crippen LogP contribution >= 0.6 is 11.8 Å². The van der Waals surface area contributed by atoms with Crippen molar-refractivity contribution in [1.82, 2.24) is 0 Å².